The van der Waals surface area contributed by atoms with Gasteiger partial charge in [0.25, 0.3) is 0 Å². The summed E-state index contributed by atoms with van der Waals surface area (Å²) in [6.07, 6.45) is -4.74. The zero-order valence-electron chi connectivity index (χ0n) is 8.89. The fourth-order valence-electron chi connectivity index (χ4n) is 1.55. The van der Waals surface area contributed by atoms with Gasteiger partial charge in [-0.2, -0.15) is 0 Å². The molecule has 3 N–H and O–H groups in total. The summed E-state index contributed by atoms with van der Waals surface area (Å²) in [5.74, 6) is 0.200. The number of hydrogen-bond donors (Lipinski definition) is 3. The van der Waals surface area contributed by atoms with E-state index in [1.165, 1.54) is 0 Å². The first-order chi connectivity index (χ1) is 8.15. The molecule has 2 unspecified atom stereocenters. The zero-order chi connectivity index (χ0) is 12.8. The lowest BCUT2D eigenvalue weighted by Gasteiger charge is -2.40. The molecule has 0 bridgehead atoms. The highest BCUT2D eigenvalue weighted by atomic mass is 35.5. The van der Waals surface area contributed by atoms with Gasteiger partial charge in [0.1, 0.15) is 18.2 Å². The molecule has 1 aliphatic rings. The predicted molar refractivity (Wildman–Crippen MR) is 57.4 cm³/mol. The van der Waals surface area contributed by atoms with Crippen LogP contribution in [-0.4, -0.2) is 65.1 Å². The Kier molecular flexibility index (Phi) is 5.93. The van der Waals surface area contributed by atoms with E-state index in [0.29, 0.717) is 0 Å². The first kappa shape index (κ1) is 14.5. The Labute approximate surface area is 102 Å². The normalized spacial score (nSPS) is 37.5. The second kappa shape index (κ2) is 6.97. The van der Waals surface area contributed by atoms with Crippen LogP contribution < -0.4 is 0 Å². The second-order valence-electron chi connectivity index (χ2n) is 3.46. The minimum Gasteiger partial charge on any atom is -0.394 e. The van der Waals surface area contributed by atoms with Crippen LogP contribution in [0.3, 0.4) is 0 Å². The van der Waals surface area contributed by atoms with Crippen LogP contribution >= 0.6 is 11.6 Å². The molecule has 9 heteroatoms. The topological polar surface area (TPSA) is 128 Å². The number of nitrogens with zero attached hydrogens (tertiary/aromatic N) is 3. The summed E-state index contributed by atoms with van der Waals surface area (Å²) in [6.45, 7) is -0.355. The maximum absolute atomic E-state index is 9.72. The van der Waals surface area contributed by atoms with Crippen molar-refractivity contribution >= 4 is 11.6 Å². The van der Waals surface area contributed by atoms with Crippen LogP contribution in [0.2, 0.25) is 0 Å². The number of ether oxygens (including phenoxy) is 2. The summed E-state index contributed by atoms with van der Waals surface area (Å²) in [7, 11) is 0. The largest absolute Gasteiger partial charge is 0.394 e. The second-order valence-corrected chi connectivity index (χ2v) is 3.84. The van der Waals surface area contributed by atoms with Crippen LogP contribution in [0.5, 0.6) is 0 Å². The number of rotatable bonds is 5. The number of aliphatic hydroxyl groups excluding tert-OH is 3. The quantitative estimate of drug-likeness (QED) is 0.264. The molecule has 0 saturated carbocycles. The van der Waals surface area contributed by atoms with Gasteiger partial charge in [-0.3, -0.25) is 0 Å². The van der Waals surface area contributed by atoms with Gasteiger partial charge >= 0.3 is 0 Å². The summed E-state index contributed by atoms with van der Waals surface area (Å²) in [5.41, 5.74) is 8.37. The van der Waals surface area contributed by atoms with E-state index in [2.05, 4.69) is 10.0 Å². The van der Waals surface area contributed by atoms with E-state index in [9.17, 15) is 10.2 Å². The van der Waals surface area contributed by atoms with Crippen LogP contribution in [-0.2, 0) is 9.47 Å². The lowest BCUT2D eigenvalue weighted by atomic mass is 9.98. The van der Waals surface area contributed by atoms with Crippen LogP contribution in [0.1, 0.15) is 0 Å². The summed E-state index contributed by atoms with van der Waals surface area (Å²) >= 11 is 5.44. The SMILES string of the molecule is [N-]=[N+]=NC1[C@@H](OCCCl)OC(CO)[C@@H](O)[C@@H]1O. The van der Waals surface area contributed by atoms with E-state index < -0.39 is 37.3 Å². The molecular weight excluding hydrogens is 254 g/mol. The third-order valence-corrected chi connectivity index (χ3v) is 2.55. The minimum atomic E-state index is -1.36. The molecule has 0 spiro atoms. The molecule has 1 heterocycles. The molecule has 0 amide bonds. The zero-order valence-corrected chi connectivity index (χ0v) is 9.64. The van der Waals surface area contributed by atoms with Gasteiger partial charge < -0.3 is 24.8 Å². The van der Waals surface area contributed by atoms with Gasteiger partial charge in [-0.1, -0.05) is 5.11 Å². The van der Waals surface area contributed by atoms with E-state index >= 15 is 0 Å². The Bertz CT molecular complexity index is 288. The molecular formula is C8H14ClN3O5. The van der Waals surface area contributed by atoms with Crippen molar-refractivity contribution in [1.82, 2.24) is 0 Å². The van der Waals surface area contributed by atoms with Crippen molar-refractivity contribution in [3.8, 4) is 0 Å². The smallest absolute Gasteiger partial charge is 0.169 e. The molecule has 5 atom stereocenters. The maximum Gasteiger partial charge on any atom is 0.169 e. The summed E-state index contributed by atoms with van der Waals surface area (Å²) in [5, 5.41) is 31.6. The molecule has 0 radical (unpaired) electrons. The van der Waals surface area contributed by atoms with Crippen LogP contribution in [0, 0.1) is 0 Å². The molecule has 1 aliphatic heterocycles. The van der Waals surface area contributed by atoms with Crippen molar-refractivity contribution in [2.75, 3.05) is 19.1 Å². The van der Waals surface area contributed by atoms with Crippen LogP contribution in [0.25, 0.3) is 10.4 Å². The number of azide groups is 1. The lowest BCUT2D eigenvalue weighted by molar-refractivity contribution is -0.263. The molecule has 0 aromatic rings. The molecule has 1 rings (SSSR count). The lowest BCUT2D eigenvalue weighted by Crippen LogP contribution is -2.58. The van der Waals surface area contributed by atoms with Crippen molar-refractivity contribution in [2.45, 2.75) is 30.6 Å². The Morgan fingerprint density at radius 3 is 2.65 bits per heavy atom. The molecule has 1 fully saturated rings. The predicted octanol–water partition coefficient (Wildman–Crippen LogP) is -0.640. The van der Waals surface area contributed by atoms with Crippen LogP contribution in [0.4, 0.5) is 0 Å². The van der Waals surface area contributed by atoms with Crippen molar-refractivity contribution in [1.29, 1.82) is 0 Å². The van der Waals surface area contributed by atoms with E-state index in [0.717, 1.165) is 0 Å². The van der Waals surface area contributed by atoms with Crippen LogP contribution in [0.15, 0.2) is 5.11 Å². The van der Waals surface area contributed by atoms with Gasteiger partial charge in [-0.15, -0.1) is 11.6 Å². The highest BCUT2D eigenvalue weighted by Crippen LogP contribution is 2.24. The molecule has 0 aliphatic carbocycles. The molecule has 1 saturated heterocycles. The molecule has 0 aromatic heterocycles. The Morgan fingerprint density at radius 1 is 1.41 bits per heavy atom. The Balaban J connectivity index is 2.78. The number of hydrogen-bond acceptors (Lipinski definition) is 6. The van der Waals surface area contributed by atoms with Gasteiger partial charge in [0.2, 0.25) is 0 Å². The molecule has 17 heavy (non-hydrogen) atoms. The van der Waals surface area contributed by atoms with E-state index in [1.807, 2.05) is 0 Å². The first-order valence-corrected chi connectivity index (χ1v) is 5.53. The summed E-state index contributed by atoms with van der Waals surface area (Å²) in [4.78, 5) is 2.55. The molecule has 0 aromatic carbocycles. The Hall–Kier alpha value is -0.600. The number of alkyl halides is 1. The third-order valence-electron chi connectivity index (χ3n) is 2.39. The van der Waals surface area contributed by atoms with Crippen molar-refractivity contribution in [3.05, 3.63) is 10.4 Å². The van der Waals surface area contributed by atoms with E-state index in [-0.39, 0.29) is 12.5 Å². The highest BCUT2D eigenvalue weighted by Gasteiger charge is 2.44. The number of aliphatic hydroxyl groups is 3. The molecule has 8 nitrogen and oxygen atoms in total. The average molecular weight is 268 g/mol. The fourth-order valence-corrected chi connectivity index (χ4v) is 1.64. The standard InChI is InChI=1S/C8H14ClN3O5/c9-1-2-16-8-5(11-12-10)7(15)6(14)4(3-13)17-8/h4-8,13-15H,1-3H2/t4?,5?,6-,7-,8+/m1/s1. The van der Waals surface area contributed by atoms with Gasteiger partial charge in [-0.05, 0) is 5.53 Å². The van der Waals surface area contributed by atoms with E-state index in [1.54, 1.807) is 0 Å². The molecule has 98 valence electrons. The highest BCUT2D eigenvalue weighted by molar-refractivity contribution is 6.17. The number of halogens is 1. The Morgan fingerprint density at radius 2 is 2.12 bits per heavy atom. The monoisotopic (exact) mass is 267 g/mol. The van der Waals surface area contributed by atoms with Gasteiger partial charge in [0, 0.05) is 10.8 Å². The fraction of sp³-hybridized carbons (Fsp3) is 1.00. The van der Waals surface area contributed by atoms with Gasteiger partial charge in [0.05, 0.1) is 19.3 Å². The van der Waals surface area contributed by atoms with Crippen molar-refractivity contribution in [3.63, 3.8) is 0 Å². The van der Waals surface area contributed by atoms with Crippen molar-refractivity contribution < 1.29 is 24.8 Å². The first-order valence-electron chi connectivity index (χ1n) is 5.00. The minimum absolute atomic E-state index is 0.130. The average Bonchev–Trinajstić information content (AvgIpc) is 2.34. The summed E-state index contributed by atoms with van der Waals surface area (Å²) in [6, 6.07) is -1.08. The third kappa shape index (κ3) is 3.43. The summed E-state index contributed by atoms with van der Waals surface area (Å²) < 4.78 is 10.3. The van der Waals surface area contributed by atoms with Crippen molar-refractivity contribution in [2.24, 2.45) is 5.11 Å². The van der Waals surface area contributed by atoms with E-state index in [4.69, 9.17) is 31.7 Å². The van der Waals surface area contributed by atoms with Gasteiger partial charge in [0.15, 0.2) is 6.29 Å². The van der Waals surface area contributed by atoms with Gasteiger partial charge in [-0.25, -0.2) is 0 Å². The maximum atomic E-state index is 9.72.